The highest BCUT2D eigenvalue weighted by Crippen LogP contribution is 2.37. The number of thiazole rings is 1. The number of halogens is 1. The lowest BCUT2D eigenvalue weighted by molar-refractivity contribution is 0.223. The molecule has 0 saturated carbocycles. The van der Waals surface area contributed by atoms with Crippen LogP contribution in [-0.4, -0.2) is 51.2 Å². The number of ether oxygens (including phenoxy) is 1. The molecule has 36 heavy (non-hydrogen) atoms. The minimum Gasteiger partial charge on any atom is -0.497 e. The van der Waals surface area contributed by atoms with Gasteiger partial charge < -0.3 is 19.2 Å². The van der Waals surface area contributed by atoms with E-state index >= 15 is 0 Å². The third-order valence-electron chi connectivity index (χ3n) is 7.12. The zero-order chi connectivity index (χ0) is 23.6. The Morgan fingerprint density at radius 3 is 2.75 bits per heavy atom. The Balaban J connectivity index is 0.00000267. The van der Waals surface area contributed by atoms with Crippen molar-refractivity contribution in [3.8, 4) is 27.6 Å². The quantitative estimate of drug-likeness (QED) is 0.203. The molecule has 0 spiro atoms. The molecule has 0 bridgehead atoms. The average molecular weight is 567 g/mol. The second kappa shape index (κ2) is 11.2. The van der Waals surface area contributed by atoms with Crippen molar-refractivity contribution in [2.24, 2.45) is 0 Å². The third-order valence-corrected chi connectivity index (χ3v) is 8.00. The number of aromatic nitrogens is 4. The van der Waals surface area contributed by atoms with E-state index in [9.17, 15) is 0 Å². The molecule has 0 aliphatic carbocycles. The zero-order valence-electron chi connectivity index (χ0n) is 20.6. The monoisotopic (exact) mass is 565 g/mol. The fraction of sp³-hybridized carbons (Fsp3) is 0.357. The Bertz CT molecular complexity index is 1450. The van der Waals surface area contributed by atoms with Gasteiger partial charge in [0, 0.05) is 57.9 Å². The number of benzene rings is 1. The summed E-state index contributed by atoms with van der Waals surface area (Å²) in [6.45, 7) is 4.78. The molecule has 0 radical (unpaired) electrons. The number of hydrogen-bond donors (Lipinski definition) is 1. The normalized spacial score (nSPS) is 14.4. The van der Waals surface area contributed by atoms with Crippen molar-refractivity contribution in [3.05, 3.63) is 54.3 Å². The maximum absolute atomic E-state index is 5.56. The number of aromatic amines is 1. The minimum absolute atomic E-state index is 0. The van der Waals surface area contributed by atoms with E-state index in [0.29, 0.717) is 0 Å². The fourth-order valence-electron chi connectivity index (χ4n) is 5.25. The molecule has 1 saturated heterocycles. The van der Waals surface area contributed by atoms with Crippen LogP contribution in [0.4, 0.5) is 0 Å². The lowest BCUT2D eigenvalue weighted by atomic mass is 10.1. The van der Waals surface area contributed by atoms with Gasteiger partial charge in [-0.15, -0.1) is 28.3 Å². The number of aryl methyl sites for hydroxylation is 1. The van der Waals surface area contributed by atoms with Crippen LogP contribution < -0.4 is 4.74 Å². The van der Waals surface area contributed by atoms with Gasteiger partial charge in [-0.2, -0.15) is 0 Å². The first-order valence-corrected chi connectivity index (χ1v) is 13.5. The van der Waals surface area contributed by atoms with Gasteiger partial charge in [0.15, 0.2) is 0 Å². The van der Waals surface area contributed by atoms with Gasteiger partial charge in [-0.25, -0.2) is 9.97 Å². The Hall–Kier alpha value is -2.68. The number of nitrogens with one attached hydrogen (secondary N) is 1. The summed E-state index contributed by atoms with van der Waals surface area (Å²) in [4.78, 5) is 15.4. The van der Waals surface area contributed by atoms with Crippen LogP contribution in [0.1, 0.15) is 32.1 Å². The van der Waals surface area contributed by atoms with Crippen molar-refractivity contribution in [3.63, 3.8) is 0 Å². The van der Waals surface area contributed by atoms with E-state index in [-0.39, 0.29) is 17.0 Å². The molecule has 1 fully saturated rings. The van der Waals surface area contributed by atoms with Crippen LogP contribution in [0.15, 0.2) is 54.3 Å². The molecule has 188 valence electrons. The number of unbranched alkanes of at least 4 members (excludes halogenated alkanes) is 1. The molecule has 5 heterocycles. The van der Waals surface area contributed by atoms with E-state index in [4.69, 9.17) is 9.72 Å². The minimum atomic E-state index is 0. The second-order valence-corrected chi connectivity index (χ2v) is 10.2. The molecular weight excluding hydrogens is 534 g/mol. The second-order valence-electron chi connectivity index (χ2n) is 9.37. The van der Waals surface area contributed by atoms with Gasteiger partial charge in [0.25, 0.3) is 0 Å². The Labute approximate surface area is 226 Å². The van der Waals surface area contributed by atoms with Gasteiger partial charge >= 0.3 is 0 Å². The highest BCUT2D eigenvalue weighted by molar-refractivity contribution is 8.93. The number of pyridine rings is 1. The molecule has 1 aromatic carbocycles. The van der Waals surface area contributed by atoms with E-state index in [1.165, 1.54) is 68.2 Å². The molecule has 0 amide bonds. The largest absolute Gasteiger partial charge is 0.497 e. The van der Waals surface area contributed by atoms with Crippen molar-refractivity contribution < 1.29 is 4.74 Å². The van der Waals surface area contributed by atoms with Crippen LogP contribution >= 0.6 is 28.3 Å². The Morgan fingerprint density at radius 1 is 1.03 bits per heavy atom. The van der Waals surface area contributed by atoms with Gasteiger partial charge in [0.05, 0.1) is 12.8 Å². The van der Waals surface area contributed by atoms with Crippen LogP contribution in [0.5, 0.6) is 5.75 Å². The van der Waals surface area contributed by atoms with Gasteiger partial charge in [0.1, 0.15) is 16.4 Å². The highest BCUT2D eigenvalue weighted by atomic mass is 79.9. The van der Waals surface area contributed by atoms with Gasteiger partial charge in [-0.1, -0.05) is 6.42 Å². The number of nitrogens with zero attached hydrogens (tertiary/aromatic N) is 4. The van der Waals surface area contributed by atoms with Crippen molar-refractivity contribution in [2.75, 3.05) is 26.7 Å². The van der Waals surface area contributed by atoms with Gasteiger partial charge in [0.2, 0.25) is 0 Å². The molecule has 0 unspecified atom stereocenters. The summed E-state index contributed by atoms with van der Waals surface area (Å²) in [6.07, 6.45) is 12.6. The van der Waals surface area contributed by atoms with E-state index in [0.717, 1.165) is 39.6 Å². The standard InChI is InChI=1S/C28H31N5OS.BrH/c1-34-20-9-10-26-22(16-20)24(18-33(26)15-6-5-14-32-12-3-2-4-13-32)28-31-25(19-35-28)23-17-30-27-21(23)8-7-11-29-27;/h7-11,16-19H,2-6,12-15H2,1H3,(H,29,30);1H. The van der Waals surface area contributed by atoms with Crippen molar-refractivity contribution in [1.29, 1.82) is 0 Å². The predicted molar refractivity (Wildman–Crippen MR) is 155 cm³/mol. The first-order valence-electron chi connectivity index (χ1n) is 12.6. The molecule has 0 atom stereocenters. The van der Waals surface area contributed by atoms with E-state index in [1.54, 1.807) is 18.4 Å². The predicted octanol–water partition coefficient (Wildman–Crippen LogP) is 7.16. The number of likely N-dealkylation sites (tertiary alicyclic amines) is 1. The van der Waals surface area contributed by atoms with Crippen LogP contribution in [0, 0.1) is 0 Å². The summed E-state index contributed by atoms with van der Waals surface area (Å²) in [5.41, 5.74) is 5.38. The number of H-pyrrole nitrogens is 1. The summed E-state index contributed by atoms with van der Waals surface area (Å²) < 4.78 is 7.96. The Morgan fingerprint density at radius 2 is 1.89 bits per heavy atom. The molecular formula is C28H32BrN5OS. The summed E-state index contributed by atoms with van der Waals surface area (Å²) in [6, 6.07) is 10.4. The topological polar surface area (TPSA) is 59.0 Å². The number of methoxy groups -OCH3 is 1. The summed E-state index contributed by atoms with van der Waals surface area (Å²) in [5.74, 6) is 0.876. The number of rotatable bonds is 8. The van der Waals surface area contributed by atoms with Crippen LogP contribution in [-0.2, 0) is 6.54 Å². The van der Waals surface area contributed by atoms with Gasteiger partial charge in [-0.05, 0) is 75.6 Å². The zero-order valence-corrected chi connectivity index (χ0v) is 23.1. The number of fused-ring (bicyclic) bond motifs is 2. The lowest BCUT2D eigenvalue weighted by Gasteiger charge is -2.26. The molecule has 4 aromatic heterocycles. The maximum Gasteiger partial charge on any atom is 0.137 e. The molecule has 5 aromatic rings. The molecule has 8 heteroatoms. The van der Waals surface area contributed by atoms with Crippen molar-refractivity contribution in [2.45, 2.75) is 38.6 Å². The molecule has 6 rings (SSSR count). The van der Waals surface area contributed by atoms with Crippen LogP contribution in [0.2, 0.25) is 0 Å². The van der Waals surface area contributed by atoms with Crippen LogP contribution in [0.25, 0.3) is 43.8 Å². The fourth-order valence-corrected chi connectivity index (χ4v) is 6.09. The highest BCUT2D eigenvalue weighted by Gasteiger charge is 2.17. The molecule has 6 nitrogen and oxygen atoms in total. The molecule has 1 N–H and O–H groups in total. The van der Waals surface area contributed by atoms with E-state index < -0.39 is 0 Å². The number of piperidine rings is 1. The average Bonchev–Trinajstić information content (AvgIpc) is 3.63. The Kier molecular flexibility index (Phi) is 7.74. The maximum atomic E-state index is 5.56. The first kappa shape index (κ1) is 25.0. The third kappa shape index (κ3) is 4.94. The lowest BCUT2D eigenvalue weighted by Crippen LogP contribution is -2.30. The summed E-state index contributed by atoms with van der Waals surface area (Å²) in [7, 11) is 1.73. The van der Waals surface area contributed by atoms with Gasteiger partial charge in [-0.3, -0.25) is 0 Å². The van der Waals surface area contributed by atoms with Crippen LogP contribution in [0.3, 0.4) is 0 Å². The molecule has 1 aliphatic rings. The van der Waals surface area contributed by atoms with Crippen molar-refractivity contribution >= 4 is 50.3 Å². The first-order chi connectivity index (χ1) is 17.3. The number of hydrogen-bond acceptors (Lipinski definition) is 5. The van der Waals surface area contributed by atoms with E-state index in [2.05, 4.69) is 55.3 Å². The summed E-state index contributed by atoms with van der Waals surface area (Å²) >= 11 is 1.69. The SMILES string of the molecule is Br.COc1ccc2c(c1)c(-c1nc(-c3c[nH]c4ncccc34)cs1)cn2CCCCN1CCCCC1. The summed E-state index contributed by atoms with van der Waals surface area (Å²) in [5, 5.41) is 5.47. The van der Waals surface area contributed by atoms with E-state index in [1.807, 2.05) is 18.5 Å². The smallest absolute Gasteiger partial charge is 0.137 e. The van der Waals surface area contributed by atoms with Crippen molar-refractivity contribution in [1.82, 2.24) is 24.4 Å². The molecule has 1 aliphatic heterocycles.